The van der Waals surface area contributed by atoms with Crippen LogP contribution in [0.2, 0.25) is 0 Å². The summed E-state index contributed by atoms with van der Waals surface area (Å²) in [5, 5.41) is 4.30. The van der Waals surface area contributed by atoms with Gasteiger partial charge in [-0.2, -0.15) is 0 Å². The van der Waals surface area contributed by atoms with Gasteiger partial charge in [0.2, 0.25) is 6.10 Å². The van der Waals surface area contributed by atoms with Crippen molar-refractivity contribution in [1.29, 1.82) is 0 Å². The maximum atomic E-state index is 12.2. The van der Waals surface area contributed by atoms with E-state index in [1.54, 1.807) is 35.2 Å². The number of hydrogen-bond donors (Lipinski definition) is 2. The van der Waals surface area contributed by atoms with E-state index in [2.05, 4.69) is 10.6 Å². The third-order valence-electron chi connectivity index (χ3n) is 3.48. The van der Waals surface area contributed by atoms with Crippen LogP contribution in [-0.4, -0.2) is 53.9 Å². The summed E-state index contributed by atoms with van der Waals surface area (Å²) < 4.78 is 5.26. The largest absolute Gasteiger partial charge is 0.447 e. The Labute approximate surface area is 149 Å². The van der Waals surface area contributed by atoms with Crippen molar-refractivity contribution in [1.82, 2.24) is 15.5 Å². The van der Waals surface area contributed by atoms with Gasteiger partial charge in [0.15, 0.2) is 0 Å². The van der Waals surface area contributed by atoms with Crippen LogP contribution in [0.3, 0.4) is 0 Å². The number of ether oxygens (including phenoxy) is 1. The van der Waals surface area contributed by atoms with Crippen LogP contribution >= 0.6 is 11.8 Å². The molecule has 2 N–H and O–H groups in total. The van der Waals surface area contributed by atoms with E-state index in [9.17, 15) is 19.2 Å². The topological polar surface area (TPSA) is 105 Å². The molecule has 1 aliphatic heterocycles. The Bertz CT molecular complexity index is 652. The number of rotatable bonds is 6. The molecule has 0 saturated carbocycles. The molecule has 1 aromatic rings. The predicted molar refractivity (Wildman–Crippen MR) is 91.9 cm³/mol. The second kappa shape index (κ2) is 9.07. The predicted octanol–water partition coefficient (Wildman–Crippen LogP) is 1.29. The molecule has 0 radical (unpaired) electrons. The number of carbonyl (C=O) groups excluding carboxylic acids is 4. The first-order valence-electron chi connectivity index (χ1n) is 7.70. The lowest BCUT2D eigenvalue weighted by molar-refractivity contribution is -0.156. The molecule has 1 aliphatic rings. The molecule has 1 heterocycles. The third kappa shape index (κ3) is 5.49. The Morgan fingerprint density at radius 1 is 1.28 bits per heavy atom. The molecule has 1 unspecified atom stereocenters. The first-order chi connectivity index (χ1) is 12.0. The minimum absolute atomic E-state index is 0.0249. The van der Waals surface area contributed by atoms with Crippen LogP contribution in [0.1, 0.15) is 18.1 Å². The smallest absolute Gasteiger partial charge is 0.321 e. The van der Waals surface area contributed by atoms with E-state index in [0.29, 0.717) is 17.9 Å². The van der Waals surface area contributed by atoms with E-state index in [-0.39, 0.29) is 18.2 Å². The molecule has 1 fully saturated rings. The average molecular weight is 365 g/mol. The van der Waals surface area contributed by atoms with Gasteiger partial charge in [0, 0.05) is 31.5 Å². The normalized spacial score (nSPS) is 14.8. The van der Waals surface area contributed by atoms with Crippen LogP contribution in [0.15, 0.2) is 30.3 Å². The molecule has 8 nitrogen and oxygen atoms in total. The molecule has 1 aromatic carbocycles. The van der Waals surface area contributed by atoms with Gasteiger partial charge < -0.3 is 15.0 Å². The Balaban J connectivity index is 1.99. The minimum Gasteiger partial charge on any atom is -0.447 e. The maximum absolute atomic E-state index is 12.2. The first-order valence-corrected chi connectivity index (χ1v) is 8.68. The van der Waals surface area contributed by atoms with Crippen LogP contribution < -0.4 is 10.6 Å². The van der Waals surface area contributed by atoms with Crippen molar-refractivity contribution >= 4 is 34.9 Å². The van der Waals surface area contributed by atoms with Gasteiger partial charge in [-0.3, -0.25) is 19.7 Å². The van der Waals surface area contributed by atoms with Crippen LogP contribution in [0, 0.1) is 0 Å². The Hall–Kier alpha value is -2.55. The number of amides is 4. The zero-order valence-electron chi connectivity index (χ0n) is 13.7. The fraction of sp³-hybridized carbons (Fsp3) is 0.375. The number of urea groups is 1. The average Bonchev–Trinajstić information content (AvgIpc) is 3.03. The number of nitrogens with zero attached hydrogens (tertiary/aromatic N) is 1. The highest BCUT2D eigenvalue weighted by atomic mass is 32.2. The zero-order chi connectivity index (χ0) is 18.2. The quantitative estimate of drug-likeness (QED) is 0.736. The Morgan fingerprint density at radius 2 is 2.00 bits per heavy atom. The molecular weight excluding hydrogens is 346 g/mol. The van der Waals surface area contributed by atoms with Gasteiger partial charge in [-0.25, -0.2) is 4.79 Å². The number of imide groups is 1. The highest BCUT2D eigenvalue weighted by molar-refractivity contribution is 8.13. The van der Waals surface area contributed by atoms with Crippen LogP contribution in [0.4, 0.5) is 9.59 Å². The van der Waals surface area contributed by atoms with Crippen LogP contribution in [-0.2, 0) is 14.3 Å². The monoisotopic (exact) mass is 365 g/mol. The van der Waals surface area contributed by atoms with Crippen molar-refractivity contribution in [2.24, 2.45) is 0 Å². The second-order valence-electron chi connectivity index (χ2n) is 5.20. The molecular formula is C16H19N3O5S. The summed E-state index contributed by atoms with van der Waals surface area (Å²) in [4.78, 5) is 48.8. The van der Waals surface area contributed by atoms with Gasteiger partial charge in [-0.1, -0.05) is 42.1 Å². The minimum atomic E-state index is -1.24. The van der Waals surface area contributed by atoms with Gasteiger partial charge in [0.25, 0.3) is 11.1 Å². The summed E-state index contributed by atoms with van der Waals surface area (Å²) in [7, 11) is 1.37. The van der Waals surface area contributed by atoms with E-state index in [1.165, 1.54) is 18.8 Å². The fourth-order valence-corrected chi connectivity index (χ4v) is 3.04. The zero-order valence-corrected chi connectivity index (χ0v) is 14.5. The van der Waals surface area contributed by atoms with Crippen molar-refractivity contribution in [3.63, 3.8) is 0 Å². The van der Waals surface area contributed by atoms with Crippen LogP contribution in [0.5, 0.6) is 0 Å². The van der Waals surface area contributed by atoms with Crippen molar-refractivity contribution in [3.8, 4) is 0 Å². The van der Waals surface area contributed by atoms with E-state index < -0.39 is 24.0 Å². The van der Waals surface area contributed by atoms with Crippen LogP contribution in [0.25, 0.3) is 0 Å². The molecule has 25 heavy (non-hydrogen) atoms. The summed E-state index contributed by atoms with van der Waals surface area (Å²) >= 11 is 1.21. The molecule has 1 atom stereocenters. The molecule has 2 rings (SSSR count). The number of thioether (sulfide) groups is 1. The van der Waals surface area contributed by atoms with Crippen molar-refractivity contribution < 1.29 is 23.9 Å². The first kappa shape index (κ1) is 18.8. The van der Waals surface area contributed by atoms with Gasteiger partial charge >= 0.3 is 12.0 Å². The Kier molecular flexibility index (Phi) is 6.81. The summed E-state index contributed by atoms with van der Waals surface area (Å²) in [6.45, 7) is 0.833. The van der Waals surface area contributed by atoms with Crippen molar-refractivity contribution in [2.75, 3.05) is 25.9 Å². The van der Waals surface area contributed by atoms with Crippen molar-refractivity contribution in [3.05, 3.63) is 35.9 Å². The van der Waals surface area contributed by atoms with E-state index in [0.717, 1.165) is 0 Å². The number of carbonyl (C=O) groups is 4. The third-order valence-corrected chi connectivity index (χ3v) is 4.38. The lowest BCUT2D eigenvalue weighted by Crippen LogP contribution is -2.41. The van der Waals surface area contributed by atoms with E-state index in [4.69, 9.17) is 4.74 Å². The summed E-state index contributed by atoms with van der Waals surface area (Å²) in [5.41, 5.74) is 0.449. The second-order valence-corrected chi connectivity index (χ2v) is 6.25. The lowest BCUT2D eigenvalue weighted by Gasteiger charge is -2.19. The molecule has 0 aliphatic carbocycles. The molecule has 1 saturated heterocycles. The van der Waals surface area contributed by atoms with Crippen molar-refractivity contribution in [2.45, 2.75) is 12.5 Å². The SMILES string of the molecule is CNC(=O)NC(=O)C(OC(=O)CCN1CCSC1=O)c1ccccc1. The molecule has 134 valence electrons. The fourth-order valence-electron chi connectivity index (χ4n) is 2.19. The lowest BCUT2D eigenvalue weighted by atomic mass is 10.1. The number of benzene rings is 1. The molecule has 0 aromatic heterocycles. The van der Waals surface area contributed by atoms with Gasteiger partial charge in [-0.15, -0.1) is 0 Å². The van der Waals surface area contributed by atoms with Gasteiger partial charge in [-0.05, 0) is 0 Å². The molecule has 4 amide bonds. The van der Waals surface area contributed by atoms with Gasteiger partial charge in [0.1, 0.15) is 0 Å². The van der Waals surface area contributed by atoms with Gasteiger partial charge in [0.05, 0.1) is 6.42 Å². The number of nitrogens with one attached hydrogen (secondary N) is 2. The summed E-state index contributed by atoms with van der Waals surface area (Å²) in [6.07, 6.45) is -1.27. The standard InChI is InChI=1S/C16H19N3O5S/c1-17-15(22)18-14(21)13(11-5-3-2-4-6-11)24-12(20)7-8-19-9-10-25-16(19)23/h2-6,13H,7-10H2,1H3,(H2,17,18,21,22). The molecule has 0 spiro atoms. The highest BCUT2D eigenvalue weighted by Gasteiger charge is 2.27. The number of hydrogen-bond acceptors (Lipinski definition) is 6. The molecule has 9 heteroatoms. The Morgan fingerprint density at radius 3 is 2.60 bits per heavy atom. The molecule has 0 bridgehead atoms. The number of esters is 1. The summed E-state index contributed by atoms with van der Waals surface area (Å²) in [5.74, 6) is -0.660. The van der Waals surface area contributed by atoms with E-state index in [1.807, 2.05) is 0 Å². The maximum Gasteiger partial charge on any atom is 0.321 e. The van der Waals surface area contributed by atoms with E-state index >= 15 is 0 Å². The highest BCUT2D eigenvalue weighted by Crippen LogP contribution is 2.20. The summed E-state index contributed by atoms with van der Waals surface area (Å²) in [6, 6.07) is 7.72.